The van der Waals surface area contributed by atoms with Crippen LogP contribution in [0.15, 0.2) is 100 Å². The van der Waals surface area contributed by atoms with Gasteiger partial charge in [-0.05, 0) is 83.0 Å². The average Bonchev–Trinajstić information content (AvgIpc) is 3.55. The minimum atomic E-state index is -3.43. The smallest absolute Gasteiger partial charge is 0.196 e. The summed E-state index contributed by atoms with van der Waals surface area (Å²) in [6.07, 6.45) is 4.24. The van der Waals surface area contributed by atoms with Crippen LogP contribution in [0.4, 0.5) is 20.3 Å². The maximum Gasteiger partial charge on any atom is 0.196 e. The Morgan fingerprint density at radius 1 is 0.938 bits per heavy atom. The molecule has 0 bridgehead atoms. The van der Waals surface area contributed by atoms with Gasteiger partial charge >= 0.3 is 0 Å². The second-order valence-corrected chi connectivity index (χ2v) is 14.6. The lowest BCUT2D eigenvalue weighted by atomic mass is 10.1. The Morgan fingerprint density at radius 2 is 1.83 bits per heavy atom. The van der Waals surface area contributed by atoms with Gasteiger partial charge in [-0.1, -0.05) is 18.2 Å². The molecule has 0 radical (unpaired) electrons. The van der Waals surface area contributed by atoms with E-state index in [4.69, 9.17) is 4.74 Å². The first-order valence-corrected chi connectivity index (χ1v) is 18.2. The number of aromatic nitrogens is 4. The molecule has 0 amide bonds. The van der Waals surface area contributed by atoms with E-state index >= 15 is 4.39 Å². The first kappa shape index (κ1) is 33.5. The molecule has 14 heteroatoms. The maximum absolute atomic E-state index is 15.3. The van der Waals surface area contributed by atoms with E-state index in [9.17, 15) is 12.8 Å². The molecule has 0 aliphatic carbocycles. The summed E-state index contributed by atoms with van der Waals surface area (Å²) in [6, 6.07) is 19.6. The van der Waals surface area contributed by atoms with Crippen LogP contribution in [0.25, 0.3) is 22.2 Å². The first-order chi connectivity index (χ1) is 23.2. The number of halogens is 3. The van der Waals surface area contributed by atoms with E-state index in [0.29, 0.717) is 69.0 Å². The van der Waals surface area contributed by atoms with Crippen LogP contribution in [0, 0.1) is 11.6 Å². The van der Waals surface area contributed by atoms with Gasteiger partial charge < -0.3 is 15.4 Å². The molecule has 0 unspecified atom stereocenters. The molecule has 9 nitrogen and oxygen atoms in total. The van der Waals surface area contributed by atoms with Crippen LogP contribution in [-0.2, 0) is 22.9 Å². The van der Waals surface area contributed by atoms with Crippen molar-refractivity contribution in [2.24, 2.45) is 0 Å². The van der Waals surface area contributed by atoms with Crippen molar-refractivity contribution in [2.75, 3.05) is 24.2 Å². The van der Waals surface area contributed by atoms with Crippen molar-refractivity contribution in [2.45, 2.75) is 24.5 Å². The van der Waals surface area contributed by atoms with Crippen molar-refractivity contribution in [3.63, 3.8) is 0 Å². The number of hydrogen-bond donors (Lipinski definition) is 2. The highest BCUT2D eigenvalue weighted by molar-refractivity contribution is 9.10. The standard InChI is InChI=1S/C34H29BrF2N6O3S2/c35-27-16-24(9-10-31(27)46-19-22-5-3-6-23(36)15-22)42-34-26-17-25(28(37)18-29(26)40-21-41-34)30-20-47-32(43-30)7-4-11-38-13-14-48(44,45)33-8-1-2-12-39-33/h1-3,5-6,8-10,12,15-18,20-21,38H,4,7,11,13-14,19H2,(H,40,41,42). The average molecular weight is 752 g/mol. The number of benzene rings is 3. The van der Waals surface area contributed by atoms with E-state index < -0.39 is 15.7 Å². The Kier molecular flexibility index (Phi) is 10.6. The quantitative estimate of drug-likeness (QED) is 0.109. The molecule has 3 aromatic carbocycles. The summed E-state index contributed by atoms with van der Waals surface area (Å²) in [5.74, 6) is 0.281. The van der Waals surface area contributed by atoms with Crippen molar-refractivity contribution in [3.05, 3.63) is 117 Å². The van der Waals surface area contributed by atoms with Gasteiger partial charge in [0.1, 0.15) is 36.1 Å². The number of thiazole rings is 1. The van der Waals surface area contributed by atoms with Gasteiger partial charge in [0.2, 0.25) is 0 Å². The van der Waals surface area contributed by atoms with E-state index in [-0.39, 0.29) is 23.2 Å². The van der Waals surface area contributed by atoms with Crippen LogP contribution < -0.4 is 15.4 Å². The largest absolute Gasteiger partial charge is 0.488 e. The molecule has 0 aliphatic heterocycles. The number of hydrogen-bond acceptors (Lipinski definition) is 10. The zero-order valence-electron chi connectivity index (χ0n) is 25.4. The number of nitrogens with one attached hydrogen (secondary N) is 2. The molecular weight excluding hydrogens is 722 g/mol. The summed E-state index contributed by atoms with van der Waals surface area (Å²) in [4.78, 5) is 17.3. The molecule has 6 aromatic rings. The number of fused-ring (bicyclic) bond motifs is 1. The minimum Gasteiger partial charge on any atom is -0.488 e. The van der Waals surface area contributed by atoms with Crippen LogP contribution in [0.1, 0.15) is 17.0 Å². The van der Waals surface area contributed by atoms with Gasteiger partial charge in [-0.25, -0.2) is 37.1 Å². The monoisotopic (exact) mass is 750 g/mol. The highest BCUT2D eigenvalue weighted by Crippen LogP contribution is 2.34. The Labute approximate surface area is 288 Å². The molecular formula is C34H29BrF2N6O3S2. The second-order valence-electron chi connectivity index (χ2n) is 10.7. The fourth-order valence-corrected chi connectivity index (χ4v) is 7.34. The minimum absolute atomic E-state index is 0.0395. The number of ether oxygens (including phenoxy) is 1. The van der Waals surface area contributed by atoms with E-state index in [2.05, 4.69) is 46.5 Å². The van der Waals surface area contributed by atoms with Crippen LogP contribution in [0.3, 0.4) is 0 Å². The van der Waals surface area contributed by atoms with E-state index in [1.807, 2.05) is 17.5 Å². The fraction of sp³-hybridized carbons (Fsp3) is 0.176. The summed E-state index contributed by atoms with van der Waals surface area (Å²) < 4.78 is 60.1. The number of sulfone groups is 1. The highest BCUT2D eigenvalue weighted by atomic mass is 79.9. The summed E-state index contributed by atoms with van der Waals surface area (Å²) >= 11 is 4.98. The normalized spacial score (nSPS) is 11.6. The molecule has 0 fully saturated rings. The molecule has 2 N–H and O–H groups in total. The topological polar surface area (TPSA) is 119 Å². The van der Waals surface area contributed by atoms with Crippen LogP contribution in [0.5, 0.6) is 5.75 Å². The Morgan fingerprint density at radius 3 is 2.65 bits per heavy atom. The third kappa shape index (κ3) is 8.37. The molecule has 0 saturated carbocycles. The predicted molar refractivity (Wildman–Crippen MR) is 186 cm³/mol. The Balaban J connectivity index is 1.08. The maximum atomic E-state index is 15.3. The zero-order chi connectivity index (χ0) is 33.5. The third-order valence-corrected chi connectivity index (χ3v) is 10.4. The van der Waals surface area contributed by atoms with E-state index in [0.717, 1.165) is 11.4 Å². The number of anilines is 2. The fourth-order valence-electron chi connectivity index (χ4n) is 4.87. The summed E-state index contributed by atoms with van der Waals surface area (Å²) in [6.45, 7) is 1.14. The number of pyridine rings is 1. The molecule has 0 saturated heterocycles. The van der Waals surface area contributed by atoms with Crippen molar-refractivity contribution >= 4 is 59.5 Å². The van der Waals surface area contributed by atoms with Gasteiger partial charge in [-0.3, -0.25) is 0 Å². The molecule has 3 heterocycles. The lowest BCUT2D eigenvalue weighted by Crippen LogP contribution is -2.24. The molecule has 3 aromatic heterocycles. The molecule has 0 aliphatic rings. The van der Waals surface area contributed by atoms with Crippen LogP contribution in [-0.4, -0.2) is 47.2 Å². The van der Waals surface area contributed by atoms with Gasteiger partial charge in [-0.2, -0.15) is 0 Å². The lowest BCUT2D eigenvalue weighted by Gasteiger charge is -2.13. The second kappa shape index (κ2) is 15.2. The Hall–Kier alpha value is -4.37. The Bertz CT molecular complexity index is 2150. The van der Waals surface area contributed by atoms with Crippen LogP contribution >= 0.6 is 27.3 Å². The zero-order valence-corrected chi connectivity index (χ0v) is 28.6. The number of rotatable bonds is 14. The van der Waals surface area contributed by atoms with Crippen molar-refractivity contribution < 1.29 is 21.9 Å². The number of nitrogens with zero attached hydrogens (tertiary/aromatic N) is 4. The van der Waals surface area contributed by atoms with E-state index in [1.54, 1.807) is 36.4 Å². The number of aryl methyl sites for hydroxylation is 1. The van der Waals surface area contributed by atoms with Gasteiger partial charge in [0.15, 0.2) is 14.9 Å². The summed E-state index contributed by atoms with van der Waals surface area (Å²) in [5, 5.41) is 9.82. The first-order valence-electron chi connectivity index (χ1n) is 14.9. The third-order valence-electron chi connectivity index (χ3n) is 7.28. The molecule has 0 atom stereocenters. The molecule has 0 spiro atoms. The SMILES string of the molecule is O=S(=O)(CCNCCCc1nc(-c2cc3c(Nc4ccc(OCc5cccc(F)c5)c(Br)c4)ncnc3cc2F)cs1)c1ccccn1. The van der Waals surface area contributed by atoms with Gasteiger partial charge in [0.05, 0.1) is 26.4 Å². The van der Waals surface area contributed by atoms with Crippen molar-refractivity contribution in [1.82, 2.24) is 25.3 Å². The van der Waals surface area contributed by atoms with Crippen molar-refractivity contribution in [1.29, 1.82) is 0 Å². The molecule has 246 valence electrons. The summed E-state index contributed by atoms with van der Waals surface area (Å²) in [7, 11) is -3.43. The van der Waals surface area contributed by atoms with Crippen LogP contribution in [0.2, 0.25) is 0 Å². The predicted octanol–water partition coefficient (Wildman–Crippen LogP) is 7.51. The van der Waals surface area contributed by atoms with Gasteiger partial charge in [-0.15, -0.1) is 11.3 Å². The van der Waals surface area contributed by atoms with Gasteiger partial charge in [0.25, 0.3) is 0 Å². The molecule has 6 rings (SSSR count). The van der Waals surface area contributed by atoms with Crippen molar-refractivity contribution in [3.8, 4) is 17.0 Å². The van der Waals surface area contributed by atoms with Gasteiger partial charge in [0, 0.05) is 47.2 Å². The van der Waals surface area contributed by atoms with E-state index in [1.165, 1.54) is 48.1 Å². The molecule has 48 heavy (non-hydrogen) atoms. The highest BCUT2D eigenvalue weighted by Gasteiger charge is 2.16. The lowest BCUT2D eigenvalue weighted by molar-refractivity contribution is 0.303. The summed E-state index contributed by atoms with van der Waals surface area (Å²) in [5.41, 5.74) is 2.72.